The predicted molar refractivity (Wildman–Crippen MR) is 91.4 cm³/mol. The average Bonchev–Trinajstić information content (AvgIpc) is 3.07. The van der Waals surface area contributed by atoms with Gasteiger partial charge in [0.2, 0.25) is 5.91 Å². The van der Waals surface area contributed by atoms with Crippen LogP contribution < -0.4 is 4.74 Å². The summed E-state index contributed by atoms with van der Waals surface area (Å²) in [5.41, 5.74) is 2.28. The van der Waals surface area contributed by atoms with Crippen molar-refractivity contribution < 1.29 is 9.53 Å². The van der Waals surface area contributed by atoms with E-state index in [1.165, 1.54) is 5.56 Å². The molecule has 1 heterocycles. The number of likely N-dealkylation sites (tertiary alicyclic amines) is 1. The molecule has 0 aliphatic carbocycles. The van der Waals surface area contributed by atoms with Gasteiger partial charge in [-0.2, -0.15) is 0 Å². The Bertz CT molecular complexity index is 636. The van der Waals surface area contributed by atoms with E-state index in [9.17, 15) is 4.79 Å². The lowest BCUT2D eigenvalue weighted by molar-refractivity contribution is -0.131. The van der Waals surface area contributed by atoms with Crippen LogP contribution in [0.1, 0.15) is 36.9 Å². The summed E-state index contributed by atoms with van der Waals surface area (Å²) < 4.78 is 5.45. The summed E-state index contributed by atoms with van der Waals surface area (Å²) in [6.07, 6.45) is 2.59. The van der Waals surface area contributed by atoms with E-state index in [1.807, 2.05) is 54.3 Å². The molecule has 1 saturated heterocycles. The minimum Gasteiger partial charge on any atom is -0.494 e. The van der Waals surface area contributed by atoms with Gasteiger partial charge in [-0.1, -0.05) is 42.5 Å². The van der Waals surface area contributed by atoms with Crippen LogP contribution in [0.25, 0.3) is 0 Å². The fourth-order valence-electron chi connectivity index (χ4n) is 3.23. The highest BCUT2D eigenvalue weighted by molar-refractivity contribution is 5.79. The lowest BCUT2D eigenvalue weighted by Crippen LogP contribution is -2.31. The normalized spacial score (nSPS) is 17.3. The molecule has 23 heavy (non-hydrogen) atoms. The third-order valence-electron chi connectivity index (χ3n) is 4.35. The molecule has 1 atom stereocenters. The molecule has 1 aliphatic rings. The quantitative estimate of drug-likeness (QED) is 0.835. The number of ether oxygens (including phenoxy) is 1. The molecule has 120 valence electrons. The maximum Gasteiger partial charge on any atom is 0.227 e. The van der Waals surface area contributed by atoms with Crippen molar-refractivity contribution in [1.29, 1.82) is 0 Å². The fourth-order valence-corrected chi connectivity index (χ4v) is 3.23. The standard InChI is InChI=1S/C20H23NO2/c1-2-23-18-12-10-16(11-13-18)15-20(22)21-14-6-9-19(21)17-7-4-3-5-8-17/h3-5,7-8,10-13,19H,2,6,9,14-15H2,1H3. The highest BCUT2D eigenvalue weighted by atomic mass is 16.5. The molecule has 0 saturated carbocycles. The van der Waals surface area contributed by atoms with Crippen LogP contribution in [-0.4, -0.2) is 24.0 Å². The Labute approximate surface area is 137 Å². The Morgan fingerprint density at radius 1 is 1.13 bits per heavy atom. The highest BCUT2D eigenvalue weighted by Gasteiger charge is 2.29. The summed E-state index contributed by atoms with van der Waals surface area (Å²) in [5.74, 6) is 1.06. The van der Waals surface area contributed by atoms with E-state index >= 15 is 0 Å². The van der Waals surface area contributed by atoms with Gasteiger partial charge in [-0.15, -0.1) is 0 Å². The van der Waals surface area contributed by atoms with Crippen molar-refractivity contribution >= 4 is 5.91 Å². The maximum absolute atomic E-state index is 12.7. The van der Waals surface area contributed by atoms with Crippen molar-refractivity contribution in [3.8, 4) is 5.75 Å². The summed E-state index contributed by atoms with van der Waals surface area (Å²) in [4.78, 5) is 14.7. The Morgan fingerprint density at radius 3 is 2.57 bits per heavy atom. The molecule has 1 fully saturated rings. The Morgan fingerprint density at radius 2 is 1.87 bits per heavy atom. The highest BCUT2D eigenvalue weighted by Crippen LogP contribution is 2.32. The number of amides is 1. The lowest BCUT2D eigenvalue weighted by Gasteiger charge is -2.25. The molecule has 3 heteroatoms. The molecule has 0 bridgehead atoms. The topological polar surface area (TPSA) is 29.5 Å². The largest absolute Gasteiger partial charge is 0.494 e. The zero-order chi connectivity index (χ0) is 16.1. The second-order valence-electron chi connectivity index (χ2n) is 5.91. The molecule has 0 N–H and O–H groups in total. The molecule has 1 aliphatic heterocycles. The number of hydrogen-bond donors (Lipinski definition) is 0. The van der Waals surface area contributed by atoms with Gasteiger partial charge in [0.25, 0.3) is 0 Å². The van der Waals surface area contributed by atoms with Gasteiger partial charge in [0.15, 0.2) is 0 Å². The van der Waals surface area contributed by atoms with E-state index in [0.29, 0.717) is 13.0 Å². The minimum atomic E-state index is 0.209. The van der Waals surface area contributed by atoms with Gasteiger partial charge in [-0.25, -0.2) is 0 Å². The van der Waals surface area contributed by atoms with Gasteiger partial charge < -0.3 is 9.64 Å². The summed E-state index contributed by atoms with van der Waals surface area (Å²) >= 11 is 0. The van der Waals surface area contributed by atoms with Crippen LogP contribution in [0.5, 0.6) is 5.75 Å². The predicted octanol–water partition coefficient (Wildman–Crippen LogP) is 3.99. The third kappa shape index (κ3) is 3.73. The zero-order valence-electron chi connectivity index (χ0n) is 13.6. The van der Waals surface area contributed by atoms with E-state index in [0.717, 1.165) is 30.7 Å². The second-order valence-corrected chi connectivity index (χ2v) is 5.91. The van der Waals surface area contributed by atoms with E-state index in [-0.39, 0.29) is 11.9 Å². The number of nitrogens with zero attached hydrogens (tertiary/aromatic N) is 1. The molecule has 2 aromatic carbocycles. The van der Waals surface area contributed by atoms with Gasteiger partial charge in [-0.05, 0) is 43.0 Å². The SMILES string of the molecule is CCOc1ccc(CC(=O)N2CCCC2c2ccccc2)cc1. The first-order valence-corrected chi connectivity index (χ1v) is 8.34. The van der Waals surface area contributed by atoms with E-state index in [2.05, 4.69) is 12.1 Å². The van der Waals surface area contributed by atoms with Crippen LogP contribution in [0, 0.1) is 0 Å². The van der Waals surface area contributed by atoms with Crippen LogP contribution in [0.4, 0.5) is 0 Å². The average molecular weight is 309 g/mol. The first kappa shape index (κ1) is 15.6. The molecule has 1 unspecified atom stereocenters. The first-order chi connectivity index (χ1) is 11.3. The lowest BCUT2D eigenvalue weighted by atomic mass is 10.0. The Hall–Kier alpha value is -2.29. The van der Waals surface area contributed by atoms with Crippen molar-refractivity contribution in [3.63, 3.8) is 0 Å². The second kappa shape index (κ2) is 7.32. The Kier molecular flexibility index (Phi) is 4.96. The van der Waals surface area contributed by atoms with Gasteiger partial charge in [-0.3, -0.25) is 4.79 Å². The third-order valence-corrected chi connectivity index (χ3v) is 4.35. The smallest absolute Gasteiger partial charge is 0.227 e. The van der Waals surface area contributed by atoms with Crippen molar-refractivity contribution in [2.24, 2.45) is 0 Å². The number of carbonyl (C=O) groups excluding carboxylic acids is 1. The van der Waals surface area contributed by atoms with Crippen LogP contribution in [0.3, 0.4) is 0 Å². The summed E-state index contributed by atoms with van der Waals surface area (Å²) in [6, 6.07) is 18.4. The number of benzene rings is 2. The maximum atomic E-state index is 12.7. The van der Waals surface area contributed by atoms with Crippen LogP contribution >= 0.6 is 0 Å². The summed E-state index contributed by atoms with van der Waals surface area (Å²) in [6.45, 7) is 3.48. The number of rotatable bonds is 5. The van der Waals surface area contributed by atoms with Gasteiger partial charge in [0.05, 0.1) is 19.1 Å². The van der Waals surface area contributed by atoms with Gasteiger partial charge in [0.1, 0.15) is 5.75 Å². The van der Waals surface area contributed by atoms with Gasteiger partial charge in [0, 0.05) is 6.54 Å². The molecular weight excluding hydrogens is 286 g/mol. The van der Waals surface area contributed by atoms with Crippen molar-refractivity contribution in [3.05, 3.63) is 65.7 Å². The van der Waals surface area contributed by atoms with Gasteiger partial charge >= 0.3 is 0 Å². The fraction of sp³-hybridized carbons (Fsp3) is 0.350. The molecule has 2 aromatic rings. The van der Waals surface area contributed by atoms with Crippen LogP contribution in [-0.2, 0) is 11.2 Å². The summed E-state index contributed by atoms with van der Waals surface area (Å²) in [5, 5.41) is 0. The molecule has 0 spiro atoms. The van der Waals surface area contributed by atoms with Crippen molar-refractivity contribution in [1.82, 2.24) is 4.90 Å². The molecule has 3 rings (SSSR count). The number of carbonyl (C=O) groups is 1. The minimum absolute atomic E-state index is 0.209. The summed E-state index contributed by atoms with van der Waals surface area (Å²) in [7, 11) is 0. The number of hydrogen-bond acceptors (Lipinski definition) is 2. The molecule has 1 amide bonds. The first-order valence-electron chi connectivity index (χ1n) is 8.34. The molecular formula is C20H23NO2. The van der Waals surface area contributed by atoms with E-state index in [4.69, 9.17) is 4.74 Å². The van der Waals surface area contributed by atoms with Crippen molar-refractivity contribution in [2.45, 2.75) is 32.2 Å². The Balaban J connectivity index is 1.67. The zero-order valence-corrected chi connectivity index (χ0v) is 13.6. The molecule has 0 aromatic heterocycles. The van der Waals surface area contributed by atoms with Crippen LogP contribution in [0.2, 0.25) is 0 Å². The van der Waals surface area contributed by atoms with E-state index in [1.54, 1.807) is 0 Å². The van der Waals surface area contributed by atoms with Crippen LogP contribution in [0.15, 0.2) is 54.6 Å². The molecule has 3 nitrogen and oxygen atoms in total. The van der Waals surface area contributed by atoms with E-state index < -0.39 is 0 Å². The monoisotopic (exact) mass is 309 g/mol. The molecule has 0 radical (unpaired) electrons. The van der Waals surface area contributed by atoms with Crippen molar-refractivity contribution in [2.75, 3.05) is 13.2 Å².